The minimum atomic E-state index is -4.46. The molecule has 2 aliphatic carbocycles. The fraction of sp³-hybridized carbons (Fsp3) is 1.00. The van der Waals surface area contributed by atoms with Crippen LogP contribution in [0.15, 0.2) is 0 Å². The predicted octanol–water partition coefficient (Wildman–Crippen LogP) is 4.91. The minimum absolute atomic E-state index is 0.580. The molecule has 0 amide bonds. The van der Waals surface area contributed by atoms with E-state index in [0.29, 0.717) is 18.8 Å². The maximum Gasteiger partial charge on any atom is 0.522 e. The monoisotopic (exact) mass is 264 g/mol. The van der Waals surface area contributed by atoms with Gasteiger partial charge in [-0.25, -0.2) is 0 Å². The molecule has 0 N–H and O–H groups in total. The lowest BCUT2D eigenvalue weighted by Crippen LogP contribution is -2.31. The van der Waals surface area contributed by atoms with E-state index in [-0.39, 0.29) is 0 Å². The molecule has 2 fully saturated rings. The molecule has 0 aromatic heterocycles. The third-order valence-corrected chi connectivity index (χ3v) is 4.75. The fourth-order valence-electron chi connectivity index (χ4n) is 3.62. The van der Waals surface area contributed by atoms with Crippen LogP contribution >= 0.6 is 0 Å². The zero-order valence-electron chi connectivity index (χ0n) is 11.0. The van der Waals surface area contributed by atoms with Gasteiger partial charge < -0.3 is 0 Å². The molecule has 2 saturated carbocycles. The van der Waals surface area contributed by atoms with Crippen molar-refractivity contribution in [2.45, 2.75) is 70.8 Å². The molecule has 0 aromatic rings. The number of alkyl halides is 3. The summed E-state index contributed by atoms with van der Waals surface area (Å²) in [6.07, 6.45) is 3.08. The maximum atomic E-state index is 12.1. The van der Waals surface area contributed by atoms with Crippen molar-refractivity contribution < 1.29 is 17.9 Å². The van der Waals surface area contributed by atoms with Gasteiger partial charge in [-0.05, 0) is 56.3 Å². The van der Waals surface area contributed by atoms with Gasteiger partial charge in [0.25, 0.3) is 0 Å². The molecule has 18 heavy (non-hydrogen) atoms. The molecule has 4 heteroatoms. The van der Waals surface area contributed by atoms with Gasteiger partial charge in [0.05, 0.1) is 6.10 Å². The first-order valence-corrected chi connectivity index (χ1v) is 7.18. The second-order valence-corrected chi connectivity index (χ2v) is 6.12. The van der Waals surface area contributed by atoms with Crippen LogP contribution in [0.5, 0.6) is 0 Å². The van der Waals surface area contributed by atoms with Crippen molar-refractivity contribution >= 4 is 0 Å². The van der Waals surface area contributed by atoms with E-state index in [9.17, 15) is 13.2 Å². The summed E-state index contributed by atoms with van der Waals surface area (Å²) in [5.74, 6) is 2.24. The van der Waals surface area contributed by atoms with E-state index in [2.05, 4.69) is 11.7 Å². The zero-order chi connectivity index (χ0) is 13.2. The van der Waals surface area contributed by atoms with Crippen LogP contribution in [-0.4, -0.2) is 12.5 Å². The predicted molar refractivity (Wildman–Crippen MR) is 64.0 cm³/mol. The molecule has 0 heterocycles. The third kappa shape index (κ3) is 4.15. The smallest absolute Gasteiger partial charge is 0.289 e. The van der Waals surface area contributed by atoms with Crippen molar-refractivity contribution in [1.82, 2.24) is 0 Å². The summed E-state index contributed by atoms with van der Waals surface area (Å²) >= 11 is 0. The van der Waals surface area contributed by atoms with E-state index in [0.717, 1.165) is 24.7 Å². The lowest BCUT2D eigenvalue weighted by molar-refractivity contribution is -0.346. The standard InChI is InChI=1S/C14H23F3O/c1-10-2-4-11(5-3-10)12-6-8-13(9-7-12)18-14(15,16)17/h10-13H,2-9H2,1H3. The molecule has 2 rings (SSSR count). The largest absolute Gasteiger partial charge is 0.522 e. The van der Waals surface area contributed by atoms with E-state index in [4.69, 9.17) is 0 Å². The molecule has 0 atom stereocenters. The molecule has 0 saturated heterocycles. The van der Waals surface area contributed by atoms with E-state index in [1.165, 1.54) is 25.7 Å². The van der Waals surface area contributed by atoms with E-state index < -0.39 is 12.5 Å². The summed E-state index contributed by atoms with van der Waals surface area (Å²) < 4.78 is 40.5. The van der Waals surface area contributed by atoms with E-state index in [1.54, 1.807) is 0 Å². The molecule has 0 aliphatic heterocycles. The highest BCUT2D eigenvalue weighted by Gasteiger charge is 2.37. The Labute approximate surface area is 107 Å². The van der Waals surface area contributed by atoms with Crippen LogP contribution in [-0.2, 0) is 4.74 Å². The Balaban J connectivity index is 1.73. The van der Waals surface area contributed by atoms with Crippen molar-refractivity contribution in [2.24, 2.45) is 17.8 Å². The maximum absolute atomic E-state index is 12.1. The van der Waals surface area contributed by atoms with Gasteiger partial charge in [-0.2, -0.15) is 0 Å². The summed E-state index contributed by atoms with van der Waals surface area (Å²) in [5, 5.41) is 0. The Hall–Kier alpha value is -0.250. The van der Waals surface area contributed by atoms with Gasteiger partial charge in [0, 0.05) is 0 Å². The van der Waals surface area contributed by atoms with Gasteiger partial charge in [-0.15, -0.1) is 13.2 Å². The fourth-order valence-corrected chi connectivity index (χ4v) is 3.62. The Kier molecular flexibility index (Phi) is 4.57. The van der Waals surface area contributed by atoms with Crippen LogP contribution in [0.2, 0.25) is 0 Å². The van der Waals surface area contributed by atoms with Gasteiger partial charge in [0.15, 0.2) is 0 Å². The van der Waals surface area contributed by atoms with Crippen molar-refractivity contribution in [1.29, 1.82) is 0 Å². The minimum Gasteiger partial charge on any atom is -0.289 e. The average Bonchev–Trinajstić information content (AvgIpc) is 2.29. The highest BCUT2D eigenvalue weighted by Crippen LogP contribution is 2.41. The highest BCUT2D eigenvalue weighted by molar-refractivity contribution is 4.81. The van der Waals surface area contributed by atoms with Crippen LogP contribution in [0.3, 0.4) is 0 Å². The second-order valence-electron chi connectivity index (χ2n) is 6.12. The van der Waals surface area contributed by atoms with Gasteiger partial charge in [0.2, 0.25) is 0 Å². The summed E-state index contributed by atoms with van der Waals surface area (Å²) in [7, 11) is 0. The molecular formula is C14H23F3O. The number of rotatable bonds is 2. The summed E-state index contributed by atoms with van der Waals surface area (Å²) in [4.78, 5) is 0. The van der Waals surface area contributed by atoms with E-state index >= 15 is 0 Å². The topological polar surface area (TPSA) is 9.23 Å². The third-order valence-electron chi connectivity index (χ3n) is 4.75. The van der Waals surface area contributed by atoms with Gasteiger partial charge in [-0.3, -0.25) is 4.74 Å². The normalized spacial score (nSPS) is 38.7. The van der Waals surface area contributed by atoms with Crippen molar-refractivity contribution in [3.63, 3.8) is 0 Å². The lowest BCUT2D eigenvalue weighted by Gasteiger charge is -2.37. The van der Waals surface area contributed by atoms with Gasteiger partial charge in [-0.1, -0.05) is 19.8 Å². The summed E-state index contributed by atoms with van der Waals surface area (Å²) in [6, 6.07) is 0. The molecule has 1 nitrogen and oxygen atoms in total. The number of hydrogen-bond donors (Lipinski definition) is 0. The van der Waals surface area contributed by atoms with Crippen molar-refractivity contribution in [3.8, 4) is 0 Å². The number of halogens is 3. The Morgan fingerprint density at radius 2 is 1.22 bits per heavy atom. The number of hydrogen-bond acceptors (Lipinski definition) is 1. The first-order chi connectivity index (χ1) is 8.44. The SMILES string of the molecule is CC1CCC(C2CCC(OC(F)(F)F)CC2)CC1. The van der Waals surface area contributed by atoms with Crippen molar-refractivity contribution in [2.75, 3.05) is 0 Å². The number of ether oxygens (including phenoxy) is 1. The molecule has 0 bridgehead atoms. The summed E-state index contributed by atoms with van der Waals surface area (Å²) in [5.41, 5.74) is 0. The Morgan fingerprint density at radius 1 is 0.778 bits per heavy atom. The lowest BCUT2D eigenvalue weighted by atomic mass is 9.71. The molecule has 0 unspecified atom stereocenters. The molecule has 0 aromatic carbocycles. The molecule has 106 valence electrons. The molecule has 0 spiro atoms. The first kappa shape index (κ1) is 14.2. The Morgan fingerprint density at radius 3 is 1.67 bits per heavy atom. The molecule has 2 aliphatic rings. The first-order valence-electron chi connectivity index (χ1n) is 7.18. The summed E-state index contributed by atoms with van der Waals surface area (Å²) in [6.45, 7) is 2.30. The second kappa shape index (κ2) is 5.81. The van der Waals surface area contributed by atoms with Crippen LogP contribution in [0.4, 0.5) is 13.2 Å². The Bertz CT molecular complexity index is 248. The van der Waals surface area contributed by atoms with Crippen LogP contribution < -0.4 is 0 Å². The van der Waals surface area contributed by atoms with Gasteiger partial charge >= 0.3 is 6.36 Å². The van der Waals surface area contributed by atoms with Crippen molar-refractivity contribution in [3.05, 3.63) is 0 Å². The van der Waals surface area contributed by atoms with Crippen LogP contribution in [0.25, 0.3) is 0 Å². The highest BCUT2D eigenvalue weighted by atomic mass is 19.4. The average molecular weight is 264 g/mol. The van der Waals surface area contributed by atoms with Gasteiger partial charge in [0.1, 0.15) is 0 Å². The molecule has 0 radical (unpaired) electrons. The van der Waals surface area contributed by atoms with E-state index in [1.807, 2.05) is 0 Å². The molecular weight excluding hydrogens is 241 g/mol. The van der Waals surface area contributed by atoms with Crippen LogP contribution in [0.1, 0.15) is 58.3 Å². The van der Waals surface area contributed by atoms with Crippen LogP contribution in [0, 0.1) is 17.8 Å². The quantitative estimate of drug-likeness (QED) is 0.688. The zero-order valence-corrected chi connectivity index (χ0v) is 11.0.